The van der Waals surface area contributed by atoms with E-state index in [1.807, 2.05) is 30.3 Å². The van der Waals surface area contributed by atoms with Crippen molar-refractivity contribution in [3.05, 3.63) is 83.4 Å². The summed E-state index contributed by atoms with van der Waals surface area (Å²) in [7, 11) is 0. The number of pyridine rings is 1. The number of nitrogens with zero attached hydrogens (tertiary/aromatic N) is 3. The highest BCUT2D eigenvalue weighted by molar-refractivity contribution is 6.00. The highest BCUT2D eigenvalue weighted by Gasteiger charge is 2.35. The fourth-order valence-corrected chi connectivity index (χ4v) is 3.43. The van der Waals surface area contributed by atoms with Gasteiger partial charge in [-0.25, -0.2) is 18.7 Å². The predicted octanol–water partition coefficient (Wildman–Crippen LogP) is 6.09. The van der Waals surface area contributed by atoms with Gasteiger partial charge in [0.05, 0.1) is 11.3 Å². The van der Waals surface area contributed by atoms with Gasteiger partial charge in [0, 0.05) is 11.6 Å². The van der Waals surface area contributed by atoms with E-state index in [0.717, 1.165) is 18.0 Å². The molecule has 10 heteroatoms. The lowest BCUT2D eigenvalue weighted by Gasteiger charge is -2.21. The van der Waals surface area contributed by atoms with E-state index in [4.69, 9.17) is 9.47 Å². The summed E-state index contributed by atoms with van der Waals surface area (Å²) in [4.78, 5) is 17.2. The molecule has 0 aliphatic carbocycles. The summed E-state index contributed by atoms with van der Waals surface area (Å²) in [5.74, 6) is -2.10. The molecule has 2 heterocycles. The molecule has 0 atom stereocenters. The number of hydrogen-bond donors (Lipinski definition) is 0. The summed E-state index contributed by atoms with van der Waals surface area (Å²) >= 11 is 0. The number of hydrogen-bond acceptors (Lipinski definition) is 5. The van der Waals surface area contributed by atoms with E-state index >= 15 is 0 Å². The average molecular weight is 487 g/mol. The molecule has 0 aliphatic heterocycles. The molecule has 35 heavy (non-hydrogen) atoms. The molecule has 2 aromatic heterocycles. The van der Waals surface area contributed by atoms with Gasteiger partial charge in [-0.3, -0.25) is 0 Å². The molecule has 4 aromatic rings. The smallest absolute Gasteiger partial charge is 0.419 e. The summed E-state index contributed by atoms with van der Waals surface area (Å²) in [6, 6.07) is 13.1. The van der Waals surface area contributed by atoms with E-state index in [0.29, 0.717) is 6.07 Å². The van der Waals surface area contributed by atoms with E-state index in [1.54, 1.807) is 20.8 Å². The third kappa shape index (κ3) is 5.26. The minimum absolute atomic E-state index is 0.00882. The summed E-state index contributed by atoms with van der Waals surface area (Å²) in [6.45, 7) is 5.16. The van der Waals surface area contributed by atoms with Gasteiger partial charge in [-0.2, -0.15) is 18.3 Å². The number of carbonyl (C=O) groups excluding carboxylic acids is 1. The van der Waals surface area contributed by atoms with Gasteiger partial charge < -0.3 is 9.47 Å². The molecular weight excluding hydrogens is 466 g/mol. The zero-order valence-electron chi connectivity index (χ0n) is 19.1. The summed E-state index contributed by atoms with van der Waals surface area (Å²) in [6.07, 6.45) is -3.74. The van der Waals surface area contributed by atoms with E-state index in [2.05, 4.69) is 10.1 Å². The second-order valence-electron chi connectivity index (χ2n) is 8.73. The first-order valence-corrected chi connectivity index (χ1v) is 10.6. The number of benzene rings is 2. The summed E-state index contributed by atoms with van der Waals surface area (Å²) in [5, 5.41) is 4.08. The van der Waals surface area contributed by atoms with E-state index < -0.39 is 29.1 Å². The van der Waals surface area contributed by atoms with Gasteiger partial charge >= 0.3 is 12.1 Å². The maximum atomic E-state index is 13.9. The fourth-order valence-electron chi connectivity index (χ4n) is 3.43. The Labute approximate surface area is 198 Å². The number of fused-ring (bicyclic) bond motifs is 1. The van der Waals surface area contributed by atoms with Crippen LogP contribution in [0.5, 0.6) is 5.75 Å². The quantitative estimate of drug-likeness (QED) is 0.252. The normalized spacial score (nSPS) is 12.1. The number of halogens is 4. The van der Waals surface area contributed by atoms with Gasteiger partial charge in [0.15, 0.2) is 5.65 Å². The SMILES string of the molecule is CC(C)(C)OC(=O)c1c(OCc2ccccc2)cc(-c2ccc(F)c(C(F)(F)F)c2)n2ncnc12. The van der Waals surface area contributed by atoms with Crippen molar-refractivity contribution in [1.82, 2.24) is 14.6 Å². The van der Waals surface area contributed by atoms with Crippen LogP contribution in [0, 0.1) is 5.82 Å². The van der Waals surface area contributed by atoms with Gasteiger partial charge in [-0.15, -0.1) is 0 Å². The zero-order chi connectivity index (χ0) is 25.4. The molecule has 0 aliphatic rings. The molecule has 0 amide bonds. The van der Waals surface area contributed by atoms with Crippen LogP contribution in [0.1, 0.15) is 42.3 Å². The number of esters is 1. The van der Waals surface area contributed by atoms with Gasteiger partial charge in [0.1, 0.15) is 35.7 Å². The van der Waals surface area contributed by atoms with Crippen LogP contribution >= 0.6 is 0 Å². The largest absolute Gasteiger partial charge is 0.488 e. The first-order chi connectivity index (χ1) is 16.4. The van der Waals surface area contributed by atoms with Crippen molar-refractivity contribution in [2.24, 2.45) is 0 Å². The third-order valence-corrected chi connectivity index (χ3v) is 4.92. The minimum atomic E-state index is -4.90. The highest BCUT2D eigenvalue weighted by Crippen LogP contribution is 2.37. The lowest BCUT2D eigenvalue weighted by Crippen LogP contribution is -2.25. The molecule has 0 saturated carbocycles. The second-order valence-corrected chi connectivity index (χ2v) is 8.73. The standard InChI is InChI=1S/C25H21F4N3O3/c1-24(2,3)35-23(33)21-20(34-13-15-7-5-4-6-8-15)12-19(32-22(21)30-14-31-32)16-9-10-18(26)17(11-16)25(27,28)29/h4-12,14H,13H2,1-3H3. The summed E-state index contributed by atoms with van der Waals surface area (Å²) < 4.78 is 66.6. The van der Waals surface area contributed by atoms with Gasteiger partial charge in [0.25, 0.3) is 0 Å². The molecule has 4 rings (SSSR count). The monoisotopic (exact) mass is 487 g/mol. The summed E-state index contributed by atoms with van der Waals surface area (Å²) in [5.41, 5.74) is -1.33. The molecule has 182 valence electrons. The van der Waals surface area contributed by atoms with Crippen molar-refractivity contribution in [3.8, 4) is 17.0 Å². The van der Waals surface area contributed by atoms with Crippen molar-refractivity contribution >= 4 is 11.6 Å². The maximum absolute atomic E-state index is 13.9. The van der Waals surface area contributed by atoms with Crippen molar-refractivity contribution < 1.29 is 31.8 Å². The Morgan fingerprint density at radius 3 is 2.40 bits per heavy atom. The number of aromatic nitrogens is 3. The van der Waals surface area contributed by atoms with Crippen molar-refractivity contribution in [1.29, 1.82) is 0 Å². The van der Waals surface area contributed by atoms with Crippen LogP contribution in [0.3, 0.4) is 0 Å². The average Bonchev–Trinajstić information content (AvgIpc) is 3.25. The maximum Gasteiger partial charge on any atom is 0.419 e. The Kier molecular flexibility index (Phi) is 6.23. The van der Waals surface area contributed by atoms with E-state index in [1.165, 1.54) is 16.6 Å². The molecule has 0 radical (unpaired) electrons. The highest BCUT2D eigenvalue weighted by atomic mass is 19.4. The Hall–Kier alpha value is -3.95. The number of carbonyl (C=O) groups is 1. The topological polar surface area (TPSA) is 65.7 Å². The molecule has 0 spiro atoms. The van der Waals surface area contributed by atoms with Crippen LogP contribution in [-0.2, 0) is 17.5 Å². The minimum Gasteiger partial charge on any atom is -0.488 e. The first kappa shape index (κ1) is 24.2. The van der Waals surface area contributed by atoms with Gasteiger partial charge in [0.2, 0.25) is 0 Å². The molecule has 0 fully saturated rings. The second kappa shape index (κ2) is 9.01. The van der Waals surface area contributed by atoms with Crippen LogP contribution in [0.15, 0.2) is 60.9 Å². The Morgan fingerprint density at radius 1 is 1.03 bits per heavy atom. The molecule has 2 aromatic carbocycles. The molecule has 6 nitrogen and oxygen atoms in total. The van der Waals surface area contributed by atoms with Crippen LogP contribution < -0.4 is 4.74 Å². The Bertz CT molecular complexity index is 1380. The Balaban J connectivity index is 1.89. The van der Waals surface area contributed by atoms with Crippen molar-refractivity contribution in [2.45, 2.75) is 39.2 Å². The van der Waals surface area contributed by atoms with Gasteiger partial charge in [-0.1, -0.05) is 30.3 Å². The lowest BCUT2D eigenvalue weighted by atomic mass is 10.0. The molecular formula is C25H21F4N3O3. The molecule has 0 N–H and O–H groups in total. The van der Waals surface area contributed by atoms with Crippen LogP contribution in [0.2, 0.25) is 0 Å². The number of alkyl halides is 3. The predicted molar refractivity (Wildman–Crippen MR) is 119 cm³/mol. The van der Waals surface area contributed by atoms with Crippen molar-refractivity contribution in [2.75, 3.05) is 0 Å². The zero-order valence-corrected chi connectivity index (χ0v) is 19.1. The number of rotatable bonds is 5. The van der Waals surface area contributed by atoms with E-state index in [-0.39, 0.29) is 34.8 Å². The van der Waals surface area contributed by atoms with E-state index in [9.17, 15) is 22.4 Å². The first-order valence-electron chi connectivity index (χ1n) is 10.6. The van der Waals surface area contributed by atoms with Crippen molar-refractivity contribution in [3.63, 3.8) is 0 Å². The third-order valence-electron chi connectivity index (χ3n) is 4.92. The number of ether oxygens (including phenoxy) is 2. The van der Waals surface area contributed by atoms with Crippen LogP contribution in [-0.4, -0.2) is 26.2 Å². The Morgan fingerprint density at radius 2 is 1.74 bits per heavy atom. The molecule has 0 unspecified atom stereocenters. The fraction of sp³-hybridized carbons (Fsp3) is 0.240. The molecule has 0 saturated heterocycles. The van der Waals surface area contributed by atoms with Crippen LogP contribution in [0.4, 0.5) is 17.6 Å². The lowest BCUT2D eigenvalue weighted by molar-refractivity contribution is -0.139. The molecule has 0 bridgehead atoms. The van der Waals surface area contributed by atoms with Crippen LogP contribution in [0.25, 0.3) is 16.9 Å². The van der Waals surface area contributed by atoms with Gasteiger partial charge in [-0.05, 0) is 44.5 Å².